The van der Waals surface area contributed by atoms with Crippen molar-refractivity contribution in [3.8, 4) is 0 Å². The minimum atomic E-state index is -0.280. The molecule has 1 aliphatic rings. The first-order chi connectivity index (χ1) is 14.7. The molecule has 2 aromatic carbocycles. The topological polar surface area (TPSA) is 79.0 Å². The highest BCUT2D eigenvalue weighted by molar-refractivity contribution is 5.98. The fourth-order valence-electron chi connectivity index (χ4n) is 3.77. The maximum Gasteiger partial charge on any atom is 0.251 e. The van der Waals surface area contributed by atoms with Gasteiger partial charge in [0.05, 0.1) is 19.2 Å². The minimum absolute atomic E-state index is 0.188. The molecule has 30 heavy (non-hydrogen) atoms. The minimum Gasteiger partial charge on any atom is -0.379 e. The number of aromatic amines is 1. The van der Waals surface area contributed by atoms with Gasteiger partial charge in [-0.15, -0.1) is 0 Å². The lowest BCUT2D eigenvalue weighted by molar-refractivity contribution is 0.0950. The number of rotatable bonds is 5. The van der Waals surface area contributed by atoms with E-state index in [9.17, 15) is 9.18 Å². The molecular formula is C23H21FN4O2. The molecule has 5 rings (SSSR count). The van der Waals surface area contributed by atoms with Crippen molar-refractivity contribution in [2.75, 3.05) is 18.5 Å². The number of pyridine rings is 1. The Morgan fingerprint density at radius 2 is 2.13 bits per heavy atom. The predicted octanol–water partition coefficient (Wildman–Crippen LogP) is 3.99. The normalized spacial score (nSPS) is 16.2. The highest BCUT2D eigenvalue weighted by Crippen LogP contribution is 2.21. The fraction of sp³-hybridized carbons (Fsp3) is 0.217. The largest absolute Gasteiger partial charge is 0.379 e. The SMILES string of the molecule is O=C(NCc1cc2c(F)cccc2[nH]1)c1ccc2cnc(NC3CCOC3)cc2c1. The summed E-state index contributed by atoms with van der Waals surface area (Å²) < 4.78 is 19.2. The average Bonchev–Trinajstić information content (AvgIpc) is 3.42. The third-order valence-corrected chi connectivity index (χ3v) is 5.37. The number of carbonyl (C=O) groups is 1. The number of aromatic nitrogens is 2. The van der Waals surface area contributed by atoms with Crippen molar-refractivity contribution in [3.05, 3.63) is 71.8 Å². The Labute approximate surface area is 172 Å². The summed E-state index contributed by atoms with van der Waals surface area (Å²) in [4.78, 5) is 20.2. The number of benzene rings is 2. The molecule has 1 saturated heterocycles. The summed E-state index contributed by atoms with van der Waals surface area (Å²) in [5, 5.41) is 8.69. The van der Waals surface area contributed by atoms with E-state index >= 15 is 0 Å². The van der Waals surface area contributed by atoms with Gasteiger partial charge in [0.1, 0.15) is 11.6 Å². The van der Waals surface area contributed by atoms with Gasteiger partial charge in [-0.3, -0.25) is 4.79 Å². The molecule has 3 heterocycles. The number of hydrogen-bond donors (Lipinski definition) is 3. The highest BCUT2D eigenvalue weighted by atomic mass is 19.1. The summed E-state index contributed by atoms with van der Waals surface area (Å²) in [6.07, 6.45) is 2.76. The monoisotopic (exact) mass is 404 g/mol. The zero-order valence-electron chi connectivity index (χ0n) is 16.2. The predicted molar refractivity (Wildman–Crippen MR) is 114 cm³/mol. The third kappa shape index (κ3) is 3.71. The van der Waals surface area contributed by atoms with Crippen molar-refractivity contribution in [2.45, 2.75) is 19.0 Å². The van der Waals surface area contributed by atoms with Crippen LogP contribution in [0.4, 0.5) is 10.2 Å². The lowest BCUT2D eigenvalue weighted by Gasteiger charge is -2.12. The molecule has 6 nitrogen and oxygen atoms in total. The van der Waals surface area contributed by atoms with Crippen LogP contribution >= 0.6 is 0 Å². The van der Waals surface area contributed by atoms with Gasteiger partial charge < -0.3 is 20.4 Å². The first-order valence-electron chi connectivity index (χ1n) is 9.94. The van der Waals surface area contributed by atoms with Gasteiger partial charge in [-0.1, -0.05) is 12.1 Å². The van der Waals surface area contributed by atoms with Gasteiger partial charge in [-0.05, 0) is 48.2 Å². The molecule has 0 radical (unpaired) electrons. The molecule has 1 fully saturated rings. The van der Waals surface area contributed by atoms with Crippen LogP contribution in [0.2, 0.25) is 0 Å². The van der Waals surface area contributed by atoms with Crippen molar-refractivity contribution in [1.29, 1.82) is 0 Å². The van der Waals surface area contributed by atoms with Crippen LogP contribution in [0.15, 0.2) is 54.7 Å². The highest BCUT2D eigenvalue weighted by Gasteiger charge is 2.16. The van der Waals surface area contributed by atoms with Gasteiger partial charge in [0, 0.05) is 40.4 Å². The molecule has 0 saturated carbocycles. The van der Waals surface area contributed by atoms with Crippen LogP contribution in [-0.4, -0.2) is 35.1 Å². The number of halogens is 1. The summed E-state index contributed by atoms with van der Waals surface area (Å²) in [7, 11) is 0. The van der Waals surface area contributed by atoms with E-state index in [-0.39, 0.29) is 24.3 Å². The van der Waals surface area contributed by atoms with Crippen molar-refractivity contribution >= 4 is 33.4 Å². The van der Waals surface area contributed by atoms with E-state index in [1.54, 1.807) is 24.4 Å². The zero-order chi connectivity index (χ0) is 20.5. The van der Waals surface area contributed by atoms with Gasteiger partial charge in [-0.2, -0.15) is 0 Å². The zero-order valence-corrected chi connectivity index (χ0v) is 16.2. The van der Waals surface area contributed by atoms with Crippen molar-refractivity contribution in [1.82, 2.24) is 15.3 Å². The van der Waals surface area contributed by atoms with E-state index in [4.69, 9.17) is 4.74 Å². The molecule has 0 aliphatic carbocycles. The number of nitrogens with zero attached hydrogens (tertiary/aromatic N) is 1. The van der Waals surface area contributed by atoms with E-state index in [1.807, 2.05) is 24.3 Å². The molecule has 1 amide bonds. The maximum absolute atomic E-state index is 13.8. The average molecular weight is 404 g/mol. The van der Waals surface area contributed by atoms with E-state index in [2.05, 4.69) is 20.6 Å². The number of ether oxygens (including phenoxy) is 1. The van der Waals surface area contributed by atoms with E-state index in [1.165, 1.54) is 6.07 Å². The number of nitrogens with one attached hydrogen (secondary N) is 3. The number of amides is 1. The summed E-state index contributed by atoms with van der Waals surface area (Å²) >= 11 is 0. The second kappa shape index (κ2) is 7.76. The van der Waals surface area contributed by atoms with Gasteiger partial charge in [-0.25, -0.2) is 9.37 Å². The Kier molecular flexibility index (Phi) is 4.80. The third-order valence-electron chi connectivity index (χ3n) is 5.37. The van der Waals surface area contributed by atoms with Crippen LogP contribution in [0.5, 0.6) is 0 Å². The van der Waals surface area contributed by atoms with Crippen LogP contribution in [-0.2, 0) is 11.3 Å². The van der Waals surface area contributed by atoms with E-state index in [0.29, 0.717) is 23.1 Å². The molecular weight excluding hydrogens is 383 g/mol. The summed E-state index contributed by atoms with van der Waals surface area (Å²) in [6, 6.07) is 14.3. The van der Waals surface area contributed by atoms with Crippen molar-refractivity contribution in [3.63, 3.8) is 0 Å². The summed E-state index contributed by atoms with van der Waals surface area (Å²) in [6.45, 7) is 1.73. The van der Waals surface area contributed by atoms with Gasteiger partial charge >= 0.3 is 0 Å². The molecule has 152 valence electrons. The molecule has 1 aliphatic heterocycles. The Bertz CT molecular complexity index is 1230. The second-order valence-corrected chi connectivity index (χ2v) is 7.51. The Hall–Kier alpha value is -3.45. The lowest BCUT2D eigenvalue weighted by Crippen LogP contribution is -2.22. The summed E-state index contributed by atoms with van der Waals surface area (Å²) in [5.74, 6) is 0.306. The molecule has 3 N–H and O–H groups in total. The van der Waals surface area contributed by atoms with Gasteiger partial charge in [0.25, 0.3) is 5.91 Å². The molecule has 0 bridgehead atoms. The first kappa shape index (κ1) is 18.6. The Morgan fingerprint density at radius 1 is 1.20 bits per heavy atom. The lowest BCUT2D eigenvalue weighted by atomic mass is 10.1. The fourth-order valence-corrected chi connectivity index (χ4v) is 3.77. The standard InChI is InChI=1S/C23H21FN4O2/c24-20-2-1-3-21-19(20)10-18(27-21)12-26-23(29)14-4-5-15-11-25-22(9-16(15)8-14)28-17-6-7-30-13-17/h1-5,8-11,17,27H,6-7,12-13H2,(H,25,28)(H,26,29). The van der Waals surface area contributed by atoms with Crippen LogP contribution in [0, 0.1) is 5.82 Å². The molecule has 1 unspecified atom stereocenters. The van der Waals surface area contributed by atoms with Crippen LogP contribution < -0.4 is 10.6 Å². The van der Waals surface area contributed by atoms with E-state index < -0.39 is 0 Å². The molecule has 7 heteroatoms. The number of anilines is 1. The van der Waals surface area contributed by atoms with Crippen LogP contribution in [0.3, 0.4) is 0 Å². The number of H-pyrrole nitrogens is 1. The molecule has 2 aromatic heterocycles. The molecule has 4 aromatic rings. The number of fused-ring (bicyclic) bond motifs is 2. The van der Waals surface area contributed by atoms with Crippen LogP contribution in [0.25, 0.3) is 21.7 Å². The molecule has 1 atom stereocenters. The summed E-state index contributed by atoms with van der Waals surface area (Å²) in [5.41, 5.74) is 2.02. The molecule has 0 spiro atoms. The number of carbonyl (C=O) groups excluding carboxylic acids is 1. The first-order valence-corrected chi connectivity index (χ1v) is 9.94. The van der Waals surface area contributed by atoms with Crippen molar-refractivity contribution < 1.29 is 13.9 Å². The quantitative estimate of drug-likeness (QED) is 0.470. The smallest absolute Gasteiger partial charge is 0.251 e. The second-order valence-electron chi connectivity index (χ2n) is 7.51. The van der Waals surface area contributed by atoms with Crippen LogP contribution in [0.1, 0.15) is 22.5 Å². The van der Waals surface area contributed by atoms with Crippen molar-refractivity contribution in [2.24, 2.45) is 0 Å². The maximum atomic E-state index is 13.8. The number of hydrogen-bond acceptors (Lipinski definition) is 4. The Morgan fingerprint density at radius 3 is 2.97 bits per heavy atom. The van der Waals surface area contributed by atoms with Gasteiger partial charge in [0.15, 0.2) is 0 Å². The van der Waals surface area contributed by atoms with E-state index in [0.717, 1.165) is 35.3 Å². The Balaban J connectivity index is 1.31. The van der Waals surface area contributed by atoms with Gasteiger partial charge in [0.2, 0.25) is 0 Å².